The second-order valence-electron chi connectivity index (χ2n) is 4.41. The second-order valence-corrected chi connectivity index (χ2v) is 5.36. The van der Waals surface area contributed by atoms with Gasteiger partial charge in [0, 0.05) is 6.54 Å². The maximum atomic E-state index is 12.0. The van der Waals surface area contributed by atoms with Crippen LogP contribution in [-0.2, 0) is 11.3 Å². The number of ether oxygens (including phenoxy) is 1. The monoisotopic (exact) mass is 293 g/mol. The van der Waals surface area contributed by atoms with E-state index in [2.05, 4.69) is 17.2 Å². The van der Waals surface area contributed by atoms with Crippen LogP contribution in [0.3, 0.4) is 0 Å². The average Bonchev–Trinajstić information content (AvgIpc) is 3.07. The van der Waals surface area contributed by atoms with Gasteiger partial charge in [-0.3, -0.25) is 0 Å². The van der Waals surface area contributed by atoms with E-state index in [1.54, 1.807) is 18.3 Å². The van der Waals surface area contributed by atoms with Gasteiger partial charge >= 0.3 is 5.97 Å². The van der Waals surface area contributed by atoms with Gasteiger partial charge < -0.3 is 4.74 Å². The van der Waals surface area contributed by atoms with E-state index in [0.29, 0.717) is 12.3 Å². The Kier molecular flexibility index (Phi) is 5.29. The molecule has 2 rings (SSSR count). The fourth-order valence-corrected chi connectivity index (χ4v) is 2.75. The molecule has 20 heavy (non-hydrogen) atoms. The van der Waals surface area contributed by atoms with E-state index >= 15 is 0 Å². The molecule has 2 heterocycles. The number of carbonyl (C=O) groups is 1. The molecule has 0 atom stereocenters. The summed E-state index contributed by atoms with van der Waals surface area (Å²) in [7, 11) is 0. The first-order chi connectivity index (χ1) is 9.77. The van der Waals surface area contributed by atoms with Gasteiger partial charge in [0.1, 0.15) is 5.69 Å². The van der Waals surface area contributed by atoms with Crippen LogP contribution in [0.4, 0.5) is 0 Å². The van der Waals surface area contributed by atoms with Crippen LogP contribution < -0.4 is 0 Å². The minimum atomic E-state index is -0.405. The Morgan fingerprint density at radius 3 is 2.90 bits per heavy atom. The normalized spacial score (nSPS) is 10.7. The molecule has 0 N–H and O–H groups in total. The van der Waals surface area contributed by atoms with Crippen LogP contribution in [0.2, 0.25) is 0 Å². The Bertz CT molecular complexity index is 549. The highest BCUT2D eigenvalue weighted by molar-refractivity contribution is 7.13. The van der Waals surface area contributed by atoms with Crippen molar-refractivity contribution in [3.05, 3.63) is 23.2 Å². The van der Waals surface area contributed by atoms with Crippen LogP contribution in [-0.4, -0.2) is 27.6 Å². The first-order valence-electron chi connectivity index (χ1n) is 6.92. The van der Waals surface area contributed by atoms with E-state index < -0.39 is 5.97 Å². The third-order valence-corrected chi connectivity index (χ3v) is 3.81. The van der Waals surface area contributed by atoms with Crippen molar-refractivity contribution in [1.29, 1.82) is 0 Å². The molecule has 0 amide bonds. The molecule has 6 heteroatoms. The highest BCUT2D eigenvalue weighted by Crippen LogP contribution is 2.27. The van der Waals surface area contributed by atoms with Gasteiger partial charge in [0.25, 0.3) is 0 Å². The maximum Gasteiger partial charge on any atom is 0.361 e. The van der Waals surface area contributed by atoms with Gasteiger partial charge in [0.15, 0.2) is 5.69 Å². The molecule has 0 saturated heterocycles. The molecule has 108 valence electrons. The van der Waals surface area contributed by atoms with Crippen LogP contribution in [0, 0.1) is 0 Å². The van der Waals surface area contributed by atoms with Crippen molar-refractivity contribution in [3.63, 3.8) is 0 Å². The van der Waals surface area contributed by atoms with Gasteiger partial charge in [-0.2, -0.15) is 0 Å². The van der Waals surface area contributed by atoms with E-state index in [1.165, 1.54) is 0 Å². The van der Waals surface area contributed by atoms with Gasteiger partial charge in [-0.1, -0.05) is 31.0 Å². The number of aromatic nitrogens is 3. The number of thiophene rings is 1. The first kappa shape index (κ1) is 14.7. The minimum Gasteiger partial charge on any atom is -0.461 e. The Hall–Kier alpha value is -1.69. The third-order valence-electron chi connectivity index (χ3n) is 2.93. The SMILES string of the molecule is CCCCCn1nnc(C(=O)OCC)c1-c1cccs1. The van der Waals surface area contributed by atoms with E-state index in [1.807, 2.05) is 22.2 Å². The zero-order valence-electron chi connectivity index (χ0n) is 11.8. The smallest absolute Gasteiger partial charge is 0.361 e. The van der Waals surface area contributed by atoms with Crippen molar-refractivity contribution in [2.24, 2.45) is 0 Å². The van der Waals surface area contributed by atoms with Crippen molar-refractivity contribution in [2.75, 3.05) is 6.61 Å². The topological polar surface area (TPSA) is 57.0 Å². The molecule has 0 bridgehead atoms. The molecule has 0 saturated carbocycles. The average molecular weight is 293 g/mol. The quantitative estimate of drug-likeness (QED) is 0.580. The highest BCUT2D eigenvalue weighted by atomic mass is 32.1. The van der Waals surface area contributed by atoms with Gasteiger partial charge in [0.2, 0.25) is 0 Å². The van der Waals surface area contributed by atoms with Gasteiger partial charge in [-0.05, 0) is 24.8 Å². The molecule has 2 aromatic heterocycles. The summed E-state index contributed by atoms with van der Waals surface area (Å²) in [5.74, 6) is -0.405. The lowest BCUT2D eigenvalue weighted by Gasteiger charge is -2.06. The molecule has 2 aromatic rings. The number of aryl methyl sites for hydroxylation is 1. The summed E-state index contributed by atoms with van der Waals surface area (Å²) in [4.78, 5) is 13.0. The van der Waals surface area contributed by atoms with Crippen LogP contribution in [0.5, 0.6) is 0 Å². The van der Waals surface area contributed by atoms with E-state index in [0.717, 1.165) is 36.4 Å². The van der Waals surface area contributed by atoms with Crippen molar-refractivity contribution >= 4 is 17.3 Å². The molecule has 5 nitrogen and oxygen atoms in total. The molecule has 0 unspecified atom stereocenters. The third kappa shape index (κ3) is 3.25. The lowest BCUT2D eigenvalue weighted by Crippen LogP contribution is -2.08. The number of hydrogen-bond donors (Lipinski definition) is 0. The van der Waals surface area contributed by atoms with E-state index in [9.17, 15) is 4.79 Å². The van der Waals surface area contributed by atoms with E-state index in [4.69, 9.17) is 4.74 Å². The molecule has 0 fully saturated rings. The summed E-state index contributed by atoms with van der Waals surface area (Å²) < 4.78 is 6.87. The van der Waals surface area contributed by atoms with Crippen molar-refractivity contribution in [1.82, 2.24) is 15.0 Å². The summed E-state index contributed by atoms with van der Waals surface area (Å²) >= 11 is 1.58. The summed E-state index contributed by atoms with van der Waals surface area (Å²) in [6, 6.07) is 3.93. The van der Waals surface area contributed by atoms with Crippen LogP contribution in [0.25, 0.3) is 10.6 Å². The predicted molar refractivity (Wildman–Crippen MR) is 78.8 cm³/mol. The molecule has 0 spiro atoms. The molecular weight excluding hydrogens is 274 g/mol. The number of rotatable bonds is 7. The molecule has 0 aliphatic carbocycles. The standard InChI is InChI=1S/C14H19N3O2S/c1-3-5-6-9-17-13(11-8-7-10-20-11)12(15-16-17)14(18)19-4-2/h7-8,10H,3-6,9H2,1-2H3. The summed E-state index contributed by atoms with van der Waals surface area (Å²) in [5, 5.41) is 10.1. The summed E-state index contributed by atoms with van der Waals surface area (Å²) in [5.41, 5.74) is 1.08. The number of unbranched alkanes of at least 4 members (excludes halogenated alkanes) is 2. The first-order valence-corrected chi connectivity index (χ1v) is 7.80. The zero-order chi connectivity index (χ0) is 14.4. The number of esters is 1. The van der Waals surface area contributed by atoms with Crippen LogP contribution >= 0.6 is 11.3 Å². The van der Waals surface area contributed by atoms with Crippen LogP contribution in [0.15, 0.2) is 17.5 Å². The Morgan fingerprint density at radius 1 is 1.40 bits per heavy atom. The van der Waals surface area contributed by atoms with E-state index in [-0.39, 0.29) is 0 Å². The highest BCUT2D eigenvalue weighted by Gasteiger charge is 2.22. The molecule has 0 aliphatic heterocycles. The fraction of sp³-hybridized carbons (Fsp3) is 0.500. The Balaban J connectivity index is 2.31. The molecule has 0 radical (unpaired) electrons. The Morgan fingerprint density at radius 2 is 2.25 bits per heavy atom. The predicted octanol–water partition coefficient (Wildman–Crippen LogP) is 3.37. The van der Waals surface area contributed by atoms with Gasteiger partial charge in [0.05, 0.1) is 11.5 Å². The zero-order valence-corrected chi connectivity index (χ0v) is 12.7. The lowest BCUT2D eigenvalue weighted by atomic mass is 10.2. The van der Waals surface area contributed by atoms with Crippen LogP contribution in [0.1, 0.15) is 43.6 Å². The summed E-state index contributed by atoms with van der Waals surface area (Å²) in [6.07, 6.45) is 3.31. The molecule has 0 aromatic carbocycles. The van der Waals surface area contributed by atoms with Crippen molar-refractivity contribution in [2.45, 2.75) is 39.7 Å². The van der Waals surface area contributed by atoms with Gasteiger partial charge in [-0.25, -0.2) is 9.48 Å². The number of nitrogens with zero attached hydrogens (tertiary/aromatic N) is 3. The van der Waals surface area contributed by atoms with Crippen molar-refractivity contribution < 1.29 is 9.53 Å². The number of carbonyl (C=O) groups excluding carboxylic acids is 1. The van der Waals surface area contributed by atoms with Gasteiger partial charge in [-0.15, -0.1) is 16.4 Å². The largest absolute Gasteiger partial charge is 0.461 e. The molecule has 0 aliphatic rings. The number of hydrogen-bond acceptors (Lipinski definition) is 5. The second kappa shape index (κ2) is 7.19. The fourth-order valence-electron chi connectivity index (χ4n) is 1.98. The van der Waals surface area contributed by atoms with Crippen molar-refractivity contribution in [3.8, 4) is 10.6 Å². The summed E-state index contributed by atoms with van der Waals surface area (Å²) in [6.45, 7) is 5.05. The Labute approximate surface area is 122 Å². The molecular formula is C14H19N3O2S. The minimum absolute atomic E-state index is 0.311. The lowest BCUT2D eigenvalue weighted by molar-refractivity contribution is 0.0520. The maximum absolute atomic E-state index is 12.0.